The Morgan fingerprint density at radius 3 is 2.71 bits per heavy atom. The van der Waals surface area contributed by atoms with E-state index >= 15 is 0 Å². The zero-order valence-electron chi connectivity index (χ0n) is 12.9. The van der Waals surface area contributed by atoms with Crippen molar-refractivity contribution in [1.29, 1.82) is 0 Å². The van der Waals surface area contributed by atoms with Crippen molar-refractivity contribution in [2.45, 2.75) is 19.4 Å². The van der Waals surface area contributed by atoms with E-state index in [0.29, 0.717) is 4.70 Å². The first kappa shape index (κ1) is 16.1. The molecule has 122 valence electrons. The van der Waals surface area contributed by atoms with Crippen LogP contribution in [0.15, 0.2) is 42.0 Å². The summed E-state index contributed by atoms with van der Waals surface area (Å²) in [5, 5.41) is 13.8. The number of hydrogen-bond donors (Lipinski definition) is 2. The lowest BCUT2D eigenvalue weighted by Crippen LogP contribution is -2.30. The number of carbonyl (C=O) groups excluding carboxylic acids is 1. The summed E-state index contributed by atoms with van der Waals surface area (Å²) in [7, 11) is 0. The highest BCUT2D eigenvalue weighted by molar-refractivity contribution is 7.17. The molecule has 2 N–H and O–H groups in total. The van der Waals surface area contributed by atoms with Gasteiger partial charge in [0.05, 0.1) is 22.7 Å². The molecule has 0 aliphatic heterocycles. The van der Waals surface area contributed by atoms with Crippen LogP contribution < -0.4 is 5.32 Å². The Morgan fingerprint density at radius 1 is 1.25 bits per heavy atom. The standard InChI is InChI=1S/C17H15N3O3S/c1-10-8-24-16-14(10)18-9-19-15(16)17(23)20-12(7-13(21)22)11-5-3-2-4-6-11/h2-6,8-9,12H,7H2,1H3,(H,20,23)(H,21,22). The van der Waals surface area contributed by atoms with Gasteiger partial charge in [0.15, 0.2) is 0 Å². The van der Waals surface area contributed by atoms with Crippen LogP contribution in [0.5, 0.6) is 0 Å². The summed E-state index contributed by atoms with van der Waals surface area (Å²) in [6.45, 7) is 1.92. The molecule has 24 heavy (non-hydrogen) atoms. The lowest BCUT2D eigenvalue weighted by Gasteiger charge is -2.17. The first-order valence-corrected chi connectivity index (χ1v) is 8.20. The maximum absolute atomic E-state index is 12.6. The number of rotatable bonds is 5. The Balaban J connectivity index is 1.91. The third-order valence-corrected chi connectivity index (χ3v) is 4.73. The number of benzene rings is 1. The summed E-state index contributed by atoms with van der Waals surface area (Å²) < 4.78 is 0.703. The summed E-state index contributed by atoms with van der Waals surface area (Å²) in [4.78, 5) is 32.1. The molecule has 7 heteroatoms. The minimum Gasteiger partial charge on any atom is -0.481 e. The normalized spacial score (nSPS) is 12.0. The molecular formula is C17H15N3O3S. The van der Waals surface area contributed by atoms with E-state index in [0.717, 1.165) is 16.6 Å². The SMILES string of the molecule is Cc1csc2c(C(=O)NC(CC(=O)O)c3ccccc3)ncnc12. The molecule has 6 nitrogen and oxygen atoms in total. The molecule has 3 aromatic rings. The quantitative estimate of drug-likeness (QED) is 0.744. The molecule has 2 aromatic heterocycles. The van der Waals surface area contributed by atoms with E-state index < -0.39 is 17.9 Å². The second-order valence-corrected chi connectivity index (χ2v) is 6.23. The molecule has 0 saturated carbocycles. The van der Waals surface area contributed by atoms with Crippen LogP contribution in [-0.2, 0) is 4.79 Å². The van der Waals surface area contributed by atoms with Gasteiger partial charge in [-0.25, -0.2) is 9.97 Å². The summed E-state index contributed by atoms with van der Waals surface area (Å²) in [5.41, 5.74) is 2.73. The van der Waals surface area contributed by atoms with Crippen LogP contribution in [-0.4, -0.2) is 27.0 Å². The maximum atomic E-state index is 12.6. The molecule has 0 bridgehead atoms. The molecule has 1 atom stereocenters. The van der Waals surface area contributed by atoms with Crippen LogP contribution in [0, 0.1) is 6.92 Å². The van der Waals surface area contributed by atoms with E-state index in [4.69, 9.17) is 5.11 Å². The third kappa shape index (κ3) is 3.26. The lowest BCUT2D eigenvalue weighted by molar-refractivity contribution is -0.137. The largest absolute Gasteiger partial charge is 0.481 e. The fourth-order valence-corrected chi connectivity index (χ4v) is 3.46. The molecule has 3 rings (SSSR count). The zero-order valence-corrected chi connectivity index (χ0v) is 13.7. The Labute approximate surface area is 142 Å². The van der Waals surface area contributed by atoms with Gasteiger partial charge in [-0.3, -0.25) is 9.59 Å². The summed E-state index contributed by atoms with van der Waals surface area (Å²) in [5.74, 6) is -1.39. The van der Waals surface area contributed by atoms with Gasteiger partial charge in [0, 0.05) is 0 Å². The Hall–Kier alpha value is -2.80. The van der Waals surface area contributed by atoms with Gasteiger partial charge in [0.25, 0.3) is 5.91 Å². The number of carboxylic acids is 1. The molecule has 0 radical (unpaired) electrons. The fraction of sp³-hybridized carbons (Fsp3) is 0.176. The van der Waals surface area contributed by atoms with Gasteiger partial charge in [-0.1, -0.05) is 30.3 Å². The third-order valence-electron chi connectivity index (χ3n) is 3.63. The summed E-state index contributed by atoms with van der Waals surface area (Å²) >= 11 is 1.40. The summed E-state index contributed by atoms with van der Waals surface area (Å²) in [6.07, 6.45) is 1.15. The van der Waals surface area contributed by atoms with Crippen LogP contribution in [0.1, 0.15) is 34.1 Å². The molecule has 0 fully saturated rings. The minimum absolute atomic E-state index is 0.201. The number of nitrogens with zero attached hydrogens (tertiary/aromatic N) is 2. The van der Waals surface area contributed by atoms with E-state index in [1.807, 2.05) is 30.5 Å². The number of carbonyl (C=O) groups is 2. The van der Waals surface area contributed by atoms with Gasteiger partial charge in [-0.05, 0) is 23.4 Å². The highest BCUT2D eigenvalue weighted by atomic mass is 32.1. The van der Waals surface area contributed by atoms with Crippen molar-refractivity contribution in [3.8, 4) is 0 Å². The first-order chi connectivity index (χ1) is 11.6. The fourth-order valence-electron chi connectivity index (χ4n) is 2.47. The number of aryl methyl sites for hydroxylation is 1. The zero-order chi connectivity index (χ0) is 17.1. The Bertz CT molecular complexity index is 892. The van der Waals surface area contributed by atoms with E-state index in [1.54, 1.807) is 12.1 Å². The van der Waals surface area contributed by atoms with E-state index in [9.17, 15) is 9.59 Å². The van der Waals surface area contributed by atoms with Crippen molar-refractivity contribution >= 4 is 33.4 Å². The second-order valence-electron chi connectivity index (χ2n) is 5.35. The van der Waals surface area contributed by atoms with Crippen molar-refractivity contribution in [3.05, 3.63) is 58.9 Å². The molecule has 0 aliphatic carbocycles. The van der Waals surface area contributed by atoms with Crippen molar-refractivity contribution in [2.75, 3.05) is 0 Å². The maximum Gasteiger partial charge on any atom is 0.305 e. The monoisotopic (exact) mass is 341 g/mol. The minimum atomic E-state index is -0.982. The molecular weight excluding hydrogens is 326 g/mol. The lowest BCUT2D eigenvalue weighted by atomic mass is 10.0. The van der Waals surface area contributed by atoms with Crippen LogP contribution in [0.2, 0.25) is 0 Å². The topological polar surface area (TPSA) is 92.2 Å². The number of thiophene rings is 1. The van der Waals surface area contributed by atoms with Gasteiger partial charge in [0.1, 0.15) is 12.0 Å². The van der Waals surface area contributed by atoms with Gasteiger partial charge >= 0.3 is 5.97 Å². The number of hydrogen-bond acceptors (Lipinski definition) is 5. The summed E-state index contributed by atoms with van der Waals surface area (Å²) in [6, 6.07) is 8.41. The van der Waals surface area contributed by atoms with E-state index in [-0.39, 0.29) is 12.1 Å². The van der Waals surface area contributed by atoms with Gasteiger partial charge in [-0.2, -0.15) is 0 Å². The van der Waals surface area contributed by atoms with Crippen molar-refractivity contribution < 1.29 is 14.7 Å². The first-order valence-electron chi connectivity index (χ1n) is 7.32. The Morgan fingerprint density at radius 2 is 2.00 bits per heavy atom. The predicted molar refractivity (Wildman–Crippen MR) is 91.1 cm³/mol. The average Bonchev–Trinajstić information content (AvgIpc) is 2.96. The van der Waals surface area contributed by atoms with Crippen molar-refractivity contribution in [2.24, 2.45) is 0 Å². The molecule has 0 aliphatic rings. The number of aliphatic carboxylic acids is 1. The van der Waals surface area contributed by atoms with Crippen LogP contribution >= 0.6 is 11.3 Å². The number of fused-ring (bicyclic) bond motifs is 1. The molecule has 1 aromatic carbocycles. The van der Waals surface area contributed by atoms with Crippen LogP contribution in [0.4, 0.5) is 0 Å². The number of amides is 1. The van der Waals surface area contributed by atoms with Gasteiger partial charge in [0.2, 0.25) is 0 Å². The highest BCUT2D eigenvalue weighted by Gasteiger charge is 2.21. The van der Waals surface area contributed by atoms with Gasteiger partial charge in [-0.15, -0.1) is 11.3 Å². The molecule has 0 spiro atoms. The van der Waals surface area contributed by atoms with Crippen molar-refractivity contribution in [3.63, 3.8) is 0 Å². The van der Waals surface area contributed by atoms with Gasteiger partial charge < -0.3 is 10.4 Å². The van der Waals surface area contributed by atoms with Crippen LogP contribution in [0.25, 0.3) is 10.2 Å². The van der Waals surface area contributed by atoms with E-state index in [2.05, 4.69) is 15.3 Å². The predicted octanol–water partition coefficient (Wildman–Crippen LogP) is 2.95. The molecule has 1 unspecified atom stereocenters. The second kappa shape index (κ2) is 6.76. The number of carboxylic acid groups (broad SMARTS) is 1. The smallest absolute Gasteiger partial charge is 0.305 e. The highest BCUT2D eigenvalue weighted by Crippen LogP contribution is 2.26. The molecule has 1 amide bonds. The molecule has 2 heterocycles. The Kier molecular flexibility index (Phi) is 4.52. The number of aromatic nitrogens is 2. The van der Waals surface area contributed by atoms with Crippen molar-refractivity contribution in [1.82, 2.24) is 15.3 Å². The van der Waals surface area contributed by atoms with Crippen LogP contribution in [0.3, 0.4) is 0 Å². The van der Waals surface area contributed by atoms with E-state index in [1.165, 1.54) is 17.7 Å². The molecule has 0 saturated heterocycles. The average molecular weight is 341 g/mol. The number of nitrogens with one attached hydrogen (secondary N) is 1.